The van der Waals surface area contributed by atoms with E-state index in [2.05, 4.69) is 31.4 Å². The van der Waals surface area contributed by atoms with Gasteiger partial charge in [0.15, 0.2) is 5.96 Å². The molecular weight excluding hydrogens is 322 g/mol. The van der Waals surface area contributed by atoms with Crippen LogP contribution in [-0.4, -0.2) is 62.5 Å². The van der Waals surface area contributed by atoms with E-state index in [1.807, 2.05) is 11.8 Å². The van der Waals surface area contributed by atoms with E-state index >= 15 is 0 Å². The number of rotatable bonds is 12. The van der Waals surface area contributed by atoms with Crippen LogP contribution in [0.5, 0.6) is 0 Å². The van der Waals surface area contributed by atoms with Crippen molar-refractivity contribution >= 4 is 17.7 Å². The number of thioether (sulfide) groups is 1. The van der Waals surface area contributed by atoms with Crippen molar-refractivity contribution in [1.82, 2.24) is 10.6 Å². The average molecular weight is 360 g/mol. The molecule has 0 aromatic heterocycles. The van der Waals surface area contributed by atoms with E-state index in [4.69, 9.17) is 14.5 Å². The Labute approximate surface area is 152 Å². The van der Waals surface area contributed by atoms with Gasteiger partial charge >= 0.3 is 0 Å². The molecule has 0 atom stereocenters. The topological polar surface area (TPSA) is 54.9 Å². The lowest BCUT2D eigenvalue weighted by Gasteiger charge is -2.35. The number of guanidine groups is 1. The third-order valence-corrected chi connectivity index (χ3v) is 5.56. The van der Waals surface area contributed by atoms with Crippen LogP contribution in [0.2, 0.25) is 0 Å². The van der Waals surface area contributed by atoms with Crippen LogP contribution >= 0.6 is 11.8 Å². The van der Waals surface area contributed by atoms with Crippen LogP contribution in [0.25, 0.3) is 0 Å². The normalized spacial score (nSPS) is 17.7. The molecule has 1 rings (SSSR count). The Morgan fingerprint density at radius 3 is 2.54 bits per heavy atom. The van der Waals surface area contributed by atoms with Gasteiger partial charge in [0.1, 0.15) is 0 Å². The molecule has 6 heteroatoms. The summed E-state index contributed by atoms with van der Waals surface area (Å²) in [5.74, 6) is 2.06. The van der Waals surface area contributed by atoms with Gasteiger partial charge in [-0.15, -0.1) is 0 Å². The molecule has 1 aliphatic rings. The van der Waals surface area contributed by atoms with Crippen LogP contribution in [0, 0.1) is 0 Å². The Bertz CT molecular complexity index is 329. The number of hydrogen-bond acceptors (Lipinski definition) is 4. The van der Waals surface area contributed by atoms with Crippen molar-refractivity contribution in [1.29, 1.82) is 0 Å². The molecular formula is C18H37N3O2S. The fraction of sp³-hybridized carbons (Fsp3) is 0.944. The molecule has 0 spiro atoms. The summed E-state index contributed by atoms with van der Waals surface area (Å²) in [6.45, 7) is 12.6. The van der Waals surface area contributed by atoms with Gasteiger partial charge in [-0.1, -0.05) is 20.3 Å². The van der Waals surface area contributed by atoms with Gasteiger partial charge in [0, 0.05) is 44.3 Å². The van der Waals surface area contributed by atoms with E-state index in [0.717, 1.165) is 83.5 Å². The van der Waals surface area contributed by atoms with E-state index in [1.165, 1.54) is 6.42 Å². The lowest BCUT2D eigenvalue weighted by Crippen LogP contribution is -2.41. The predicted molar refractivity (Wildman–Crippen MR) is 105 cm³/mol. The lowest BCUT2D eigenvalue weighted by molar-refractivity contribution is 0.0793. The van der Waals surface area contributed by atoms with E-state index in [9.17, 15) is 0 Å². The molecule has 0 aromatic rings. The van der Waals surface area contributed by atoms with Crippen molar-refractivity contribution in [2.45, 2.75) is 57.6 Å². The molecule has 0 aromatic carbocycles. The van der Waals surface area contributed by atoms with Crippen LogP contribution in [-0.2, 0) is 9.47 Å². The fourth-order valence-electron chi connectivity index (χ4n) is 2.69. The maximum atomic E-state index is 5.60. The summed E-state index contributed by atoms with van der Waals surface area (Å²) >= 11 is 2.04. The van der Waals surface area contributed by atoms with Crippen LogP contribution in [0.3, 0.4) is 0 Å². The second-order valence-electron chi connectivity index (χ2n) is 6.17. The van der Waals surface area contributed by atoms with Gasteiger partial charge in [-0.05, 0) is 38.4 Å². The Balaban J connectivity index is 2.37. The molecule has 24 heavy (non-hydrogen) atoms. The van der Waals surface area contributed by atoms with E-state index < -0.39 is 0 Å². The number of ether oxygens (including phenoxy) is 2. The largest absolute Gasteiger partial charge is 0.381 e. The molecule has 5 nitrogen and oxygen atoms in total. The highest BCUT2D eigenvalue weighted by Crippen LogP contribution is 2.35. The SMILES string of the molecule is CCCCOCCCNC(=NCC1(SCC)CCOCC1)NCC. The fourth-order valence-corrected chi connectivity index (χ4v) is 3.92. The van der Waals surface area contributed by atoms with Crippen molar-refractivity contribution in [2.24, 2.45) is 4.99 Å². The zero-order valence-corrected chi connectivity index (χ0v) is 16.7. The molecule has 1 saturated heterocycles. The quantitative estimate of drug-likeness (QED) is 0.319. The molecule has 0 bridgehead atoms. The minimum atomic E-state index is 0.249. The summed E-state index contributed by atoms with van der Waals surface area (Å²) in [5.41, 5.74) is 0. The highest BCUT2D eigenvalue weighted by molar-refractivity contribution is 8.00. The number of hydrogen-bond donors (Lipinski definition) is 2. The third-order valence-electron chi connectivity index (χ3n) is 4.12. The maximum Gasteiger partial charge on any atom is 0.191 e. The molecule has 0 saturated carbocycles. The predicted octanol–water partition coefficient (Wildman–Crippen LogP) is 3.05. The van der Waals surface area contributed by atoms with Gasteiger partial charge in [0.25, 0.3) is 0 Å². The standard InChI is InChI=1S/C18H37N3O2S/c1-4-7-12-22-13-8-11-20-17(19-5-2)21-16-18(24-6-3)9-14-23-15-10-18/h4-16H2,1-3H3,(H2,19,20,21). The van der Waals surface area contributed by atoms with Gasteiger partial charge in [0.2, 0.25) is 0 Å². The molecule has 0 radical (unpaired) electrons. The molecule has 0 unspecified atom stereocenters. The summed E-state index contributed by atoms with van der Waals surface area (Å²) < 4.78 is 11.4. The number of unbranched alkanes of at least 4 members (excludes halogenated alkanes) is 1. The molecule has 1 fully saturated rings. The number of nitrogens with zero attached hydrogens (tertiary/aromatic N) is 1. The monoisotopic (exact) mass is 359 g/mol. The summed E-state index contributed by atoms with van der Waals surface area (Å²) in [7, 11) is 0. The van der Waals surface area contributed by atoms with Gasteiger partial charge in [-0.25, -0.2) is 0 Å². The molecule has 0 amide bonds. The first-order chi connectivity index (χ1) is 11.8. The van der Waals surface area contributed by atoms with Gasteiger partial charge in [-0.3, -0.25) is 4.99 Å². The second-order valence-corrected chi connectivity index (χ2v) is 7.90. The van der Waals surface area contributed by atoms with Crippen molar-refractivity contribution < 1.29 is 9.47 Å². The van der Waals surface area contributed by atoms with Crippen LogP contribution < -0.4 is 10.6 Å². The smallest absolute Gasteiger partial charge is 0.191 e. The number of aliphatic imine (C=N–C) groups is 1. The Kier molecular flexibility index (Phi) is 12.4. The number of nitrogens with one attached hydrogen (secondary N) is 2. The zero-order valence-electron chi connectivity index (χ0n) is 15.9. The van der Waals surface area contributed by atoms with E-state index in [1.54, 1.807) is 0 Å². The van der Waals surface area contributed by atoms with Gasteiger partial charge in [-0.2, -0.15) is 11.8 Å². The first-order valence-electron chi connectivity index (χ1n) is 9.58. The van der Waals surface area contributed by atoms with Crippen LogP contribution in [0.1, 0.15) is 52.9 Å². The minimum absolute atomic E-state index is 0.249. The molecule has 0 aliphatic carbocycles. The molecule has 142 valence electrons. The van der Waals surface area contributed by atoms with Crippen LogP contribution in [0.15, 0.2) is 4.99 Å². The molecule has 2 N–H and O–H groups in total. The highest BCUT2D eigenvalue weighted by Gasteiger charge is 2.32. The molecule has 1 heterocycles. The molecule has 1 aliphatic heterocycles. The minimum Gasteiger partial charge on any atom is -0.381 e. The van der Waals surface area contributed by atoms with Crippen molar-refractivity contribution in [2.75, 3.05) is 51.8 Å². The zero-order chi connectivity index (χ0) is 17.5. The summed E-state index contributed by atoms with van der Waals surface area (Å²) in [4.78, 5) is 4.85. The van der Waals surface area contributed by atoms with Gasteiger partial charge in [0.05, 0.1) is 6.54 Å². The van der Waals surface area contributed by atoms with E-state index in [0.29, 0.717) is 0 Å². The summed E-state index contributed by atoms with van der Waals surface area (Å²) in [6.07, 6.45) is 5.55. The summed E-state index contributed by atoms with van der Waals surface area (Å²) in [6, 6.07) is 0. The average Bonchev–Trinajstić information content (AvgIpc) is 2.60. The van der Waals surface area contributed by atoms with Crippen molar-refractivity contribution in [3.05, 3.63) is 0 Å². The second kappa shape index (κ2) is 13.8. The lowest BCUT2D eigenvalue weighted by atomic mass is 9.99. The Morgan fingerprint density at radius 2 is 1.88 bits per heavy atom. The maximum absolute atomic E-state index is 5.60. The first-order valence-corrected chi connectivity index (χ1v) is 10.6. The Morgan fingerprint density at radius 1 is 1.12 bits per heavy atom. The van der Waals surface area contributed by atoms with Crippen molar-refractivity contribution in [3.63, 3.8) is 0 Å². The van der Waals surface area contributed by atoms with Gasteiger partial charge < -0.3 is 20.1 Å². The van der Waals surface area contributed by atoms with E-state index in [-0.39, 0.29) is 4.75 Å². The Hall–Kier alpha value is -0.460. The van der Waals surface area contributed by atoms with Crippen molar-refractivity contribution in [3.8, 4) is 0 Å². The third kappa shape index (κ3) is 9.14. The first kappa shape index (κ1) is 21.6. The summed E-state index contributed by atoms with van der Waals surface area (Å²) in [5, 5.41) is 6.78. The van der Waals surface area contributed by atoms with Crippen LogP contribution in [0.4, 0.5) is 0 Å². The highest BCUT2D eigenvalue weighted by atomic mass is 32.2.